The van der Waals surface area contributed by atoms with Crippen molar-refractivity contribution in [3.8, 4) is 11.8 Å². The maximum atomic E-state index is 12.7. The zero-order chi connectivity index (χ0) is 18.7. The number of hydrogen-bond donors (Lipinski definition) is 2. The predicted octanol–water partition coefficient (Wildman–Crippen LogP) is 4.18. The molecule has 2 N–H and O–H groups in total. The molecule has 2 saturated carbocycles. The molecule has 2 bridgehead atoms. The molecule has 2 aliphatic carbocycles. The summed E-state index contributed by atoms with van der Waals surface area (Å²) in [5.74, 6) is 7.46. The van der Waals surface area contributed by atoms with Crippen molar-refractivity contribution in [2.45, 2.75) is 44.8 Å². The maximum Gasteiger partial charge on any atom is 0.416 e. The standard InChI is InChI=1S/C20H23F3N2O/c1-13(18-12-15-7-8-16(18)10-15)25-19(26)24-9-3-5-14-4-2-6-17(11-14)20(21,22)23/h2,4,6,11,13,15-16,18H,7-10,12H2,1H3,(H2,24,25,26). The van der Waals surface area contributed by atoms with Crippen molar-refractivity contribution in [2.24, 2.45) is 17.8 Å². The number of alkyl halides is 3. The predicted molar refractivity (Wildman–Crippen MR) is 93.3 cm³/mol. The molecule has 1 aromatic carbocycles. The van der Waals surface area contributed by atoms with Gasteiger partial charge < -0.3 is 10.6 Å². The molecule has 26 heavy (non-hydrogen) atoms. The number of urea groups is 1. The largest absolute Gasteiger partial charge is 0.416 e. The minimum atomic E-state index is -4.38. The Morgan fingerprint density at radius 1 is 1.31 bits per heavy atom. The topological polar surface area (TPSA) is 41.1 Å². The van der Waals surface area contributed by atoms with E-state index >= 15 is 0 Å². The first-order valence-corrected chi connectivity index (χ1v) is 9.03. The van der Waals surface area contributed by atoms with E-state index in [0.717, 1.165) is 24.0 Å². The molecule has 3 nitrogen and oxygen atoms in total. The first-order chi connectivity index (χ1) is 12.3. The molecule has 4 atom stereocenters. The van der Waals surface area contributed by atoms with Crippen LogP contribution in [0, 0.1) is 29.6 Å². The fraction of sp³-hybridized carbons (Fsp3) is 0.550. The lowest BCUT2D eigenvalue weighted by atomic mass is 9.84. The van der Waals surface area contributed by atoms with Crippen molar-refractivity contribution in [1.29, 1.82) is 0 Å². The van der Waals surface area contributed by atoms with Gasteiger partial charge in [-0.15, -0.1) is 0 Å². The number of amides is 2. The van der Waals surface area contributed by atoms with Gasteiger partial charge >= 0.3 is 12.2 Å². The van der Waals surface area contributed by atoms with Crippen molar-refractivity contribution in [3.63, 3.8) is 0 Å². The lowest BCUT2D eigenvalue weighted by Gasteiger charge is -2.28. The van der Waals surface area contributed by atoms with Crippen molar-refractivity contribution < 1.29 is 18.0 Å². The fourth-order valence-electron chi connectivity index (χ4n) is 4.32. The van der Waals surface area contributed by atoms with E-state index in [1.165, 1.54) is 37.8 Å². The number of halogens is 3. The highest BCUT2D eigenvalue weighted by atomic mass is 19.4. The molecule has 0 aromatic heterocycles. The Labute approximate surface area is 151 Å². The highest BCUT2D eigenvalue weighted by Gasteiger charge is 2.42. The van der Waals surface area contributed by atoms with Crippen LogP contribution in [0.25, 0.3) is 0 Å². The maximum absolute atomic E-state index is 12.7. The van der Waals surface area contributed by atoms with Gasteiger partial charge in [-0.25, -0.2) is 4.79 Å². The summed E-state index contributed by atoms with van der Waals surface area (Å²) in [6, 6.07) is 4.70. The molecule has 0 aliphatic heterocycles. The number of rotatable bonds is 3. The Kier molecular flexibility index (Phi) is 5.45. The number of fused-ring (bicyclic) bond motifs is 2. The number of carbonyl (C=O) groups is 1. The van der Waals surface area contributed by atoms with Crippen LogP contribution in [0.2, 0.25) is 0 Å². The second kappa shape index (κ2) is 7.61. The summed E-state index contributed by atoms with van der Waals surface area (Å²) in [5, 5.41) is 5.62. The molecular formula is C20H23F3N2O. The quantitative estimate of drug-likeness (QED) is 0.776. The van der Waals surface area contributed by atoms with Crippen LogP contribution in [0.4, 0.5) is 18.0 Å². The molecule has 0 radical (unpaired) electrons. The Balaban J connectivity index is 1.45. The van der Waals surface area contributed by atoms with Gasteiger partial charge in [-0.3, -0.25) is 0 Å². The molecule has 0 heterocycles. The van der Waals surface area contributed by atoms with Gasteiger partial charge in [0.25, 0.3) is 0 Å². The molecule has 2 aliphatic rings. The first-order valence-electron chi connectivity index (χ1n) is 9.03. The first kappa shape index (κ1) is 18.6. The summed E-state index contributed by atoms with van der Waals surface area (Å²) in [4.78, 5) is 12.0. The highest BCUT2D eigenvalue weighted by Crippen LogP contribution is 2.49. The van der Waals surface area contributed by atoms with Gasteiger partial charge in [0, 0.05) is 11.6 Å². The molecule has 0 spiro atoms. The molecule has 140 valence electrons. The minimum absolute atomic E-state index is 0.0888. The smallest absolute Gasteiger partial charge is 0.335 e. The zero-order valence-electron chi connectivity index (χ0n) is 14.7. The van der Waals surface area contributed by atoms with Gasteiger partial charge in [0.2, 0.25) is 0 Å². The van der Waals surface area contributed by atoms with Crippen molar-refractivity contribution in [2.75, 3.05) is 6.54 Å². The van der Waals surface area contributed by atoms with Crippen molar-refractivity contribution in [1.82, 2.24) is 10.6 Å². The summed E-state index contributed by atoms with van der Waals surface area (Å²) in [5.41, 5.74) is -0.452. The number of benzene rings is 1. The Morgan fingerprint density at radius 3 is 2.77 bits per heavy atom. The van der Waals surface area contributed by atoms with Crippen LogP contribution in [0.5, 0.6) is 0 Å². The van der Waals surface area contributed by atoms with Crippen molar-refractivity contribution in [3.05, 3.63) is 35.4 Å². The number of carbonyl (C=O) groups excluding carboxylic acids is 1. The monoisotopic (exact) mass is 364 g/mol. The summed E-state index contributed by atoms with van der Waals surface area (Å²) < 4.78 is 38.0. The third-order valence-electron chi connectivity index (χ3n) is 5.55. The average molecular weight is 364 g/mol. The summed E-state index contributed by atoms with van der Waals surface area (Å²) >= 11 is 0. The molecule has 6 heteroatoms. The lowest BCUT2D eigenvalue weighted by Crippen LogP contribution is -2.45. The summed E-state index contributed by atoms with van der Waals surface area (Å²) in [6.07, 6.45) is 0.699. The molecule has 3 rings (SSSR count). The van der Waals surface area contributed by atoms with Crippen LogP contribution in [0.1, 0.15) is 43.7 Å². The van der Waals surface area contributed by atoms with Crippen LogP contribution in [0.3, 0.4) is 0 Å². The van der Waals surface area contributed by atoms with Crippen LogP contribution in [-0.2, 0) is 6.18 Å². The van der Waals surface area contributed by atoms with Gasteiger partial charge in [-0.05, 0) is 62.1 Å². The van der Waals surface area contributed by atoms with Crippen molar-refractivity contribution >= 4 is 6.03 Å². The molecule has 2 amide bonds. The van der Waals surface area contributed by atoms with E-state index in [2.05, 4.69) is 22.5 Å². The summed E-state index contributed by atoms with van der Waals surface area (Å²) in [7, 11) is 0. The van der Waals surface area contributed by atoms with E-state index in [4.69, 9.17) is 0 Å². The number of nitrogens with one attached hydrogen (secondary N) is 2. The van der Waals surface area contributed by atoms with Crippen LogP contribution in [0.15, 0.2) is 24.3 Å². The second-order valence-corrected chi connectivity index (χ2v) is 7.33. The Hall–Kier alpha value is -2.16. The molecule has 1 aromatic rings. The molecule has 0 saturated heterocycles. The van der Waals surface area contributed by atoms with E-state index in [1.807, 2.05) is 6.92 Å². The normalized spacial score (nSPS) is 25.3. The molecular weight excluding hydrogens is 341 g/mol. The molecule has 2 fully saturated rings. The van der Waals surface area contributed by atoms with Gasteiger partial charge in [0.05, 0.1) is 12.1 Å². The van der Waals surface area contributed by atoms with Gasteiger partial charge in [0.1, 0.15) is 0 Å². The van der Waals surface area contributed by atoms with E-state index in [9.17, 15) is 18.0 Å². The van der Waals surface area contributed by atoms with E-state index < -0.39 is 11.7 Å². The van der Waals surface area contributed by atoms with E-state index in [-0.39, 0.29) is 24.2 Å². The average Bonchev–Trinajstić information content (AvgIpc) is 3.21. The Bertz CT molecular complexity index is 720. The SMILES string of the molecule is CC(NC(=O)NCC#Cc1cccc(C(F)(F)F)c1)C1CC2CCC1C2. The van der Waals surface area contributed by atoms with Crippen LogP contribution in [-0.4, -0.2) is 18.6 Å². The fourth-order valence-corrected chi connectivity index (χ4v) is 4.32. The minimum Gasteiger partial charge on any atom is -0.335 e. The van der Waals surface area contributed by atoms with Crippen LogP contribution < -0.4 is 10.6 Å². The Morgan fingerprint density at radius 2 is 2.12 bits per heavy atom. The molecule has 4 unspecified atom stereocenters. The highest BCUT2D eigenvalue weighted by molar-refractivity contribution is 5.74. The third-order valence-corrected chi connectivity index (χ3v) is 5.55. The van der Waals surface area contributed by atoms with Gasteiger partial charge in [-0.2, -0.15) is 13.2 Å². The zero-order valence-corrected chi connectivity index (χ0v) is 14.7. The third kappa shape index (κ3) is 4.51. The van der Waals surface area contributed by atoms with E-state index in [1.54, 1.807) is 0 Å². The second-order valence-electron chi connectivity index (χ2n) is 7.33. The lowest BCUT2D eigenvalue weighted by molar-refractivity contribution is -0.137. The van der Waals surface area contributed by atoms with E-state index in [0.29, 0.717) is 5.92 Å². The van der Waals surface area contributed by atoms with Gasteiger partial charge in [0.15, 0.2) is 0 Å². The van der Waals surface area contributed by atoms with Crippen LogP contribution >= 0.6 is 0 Å². The summed E-state index contributed by atoms with van der Waals surface area (Å²) in [6.45, 7) is 2.13. The van der Waals surface area contributed by atoms with Gasteiger partial charge in [-0.1, -0.05) is 24.3 Å². The number of hydrogen-bond acceptors (Lipinski definition) is 1.